The predicted octanol–water partition coefficient (Wildman–Crippen LogP) is 3.87. The molecule has 0 spiro atoms. The summed E-state index contributed by atoms with van der Waals surface area (Å²) in [5, 5.41) is 3.13. The number of fused-ring (bicyclic) bond motifs is 1. The van der Waals surface area contributed by atoms with Gasteiger partial charge in [-0.3, -0.25) is 0 Å². The van der Waals surface area contributed by atoms with Crippen molar-refractivity contribution in [2.75, 3.05) is 6.54 Å². The van der Waals surface area contributed by atoms with Gasteiger partial charge in [-0.05, 0) is 43.4 Å². The van der Waals surface area contributed by atoms with E-state index in [4.69, 9.17) is 0 Å². The standard InChI is InChI=1S/C15H21F2N/c1-2-11-18-15(14(16)17)10-6-5-8-12-7-3-4-9-13(12)15/h3-4,7,9,14,18H,2,5-6,8,10-11H2,1H3. The number of hydrogen-bond acceptors (Lipinski definition) is 1. The summed E-state index contributed by atoms with van der Waals surface area (Å²) in [6.07, 6.45) is 1.81. The Morgan fingerprint density at radius 3 is 2.78 bits per heavy atom. The van der Waals surface area contributed by atoms with Crippen molar-refractivity contribution in [2.24, 2.45) is 0 Å². The van der Waals surface area contributed by atoms with E-state index in [1.54, 1.807) is 0 Å². The third-order valence-corrected chi connectivity index (χ3v) is 3.83. The lowest BCUT2D eigenvalue weighted by Crippen LogP contribution is -2.49. The van der Waals surface area contributed by atoms with E-state index < -0.39 is 12.0 Å². The summed E-state index contributed by atoms with van der Waals surface area (Å²) in [7, 11) is 0. The summed E-state index contributed by atoms with van der Waals surface area (Å²) >= 11 is 0. The van der Waals surface area contributed by atoms with Gasteiger partial charge in [0.05, 0.1) is 0 Å². The van der Waals surface area contributed by atoms with Gasteiger partial charge >= 0.3 is 0 Å². The van der Waals surface area contributed by atoms with Crippen molar-refractivity contribution in [3.05, 3.63) is 35.4 Å². The number of rotatable bonds is 4. The molecule has 1 aromatic rings. The zero-order valence-corrected chi connectivity index (χ0v) is 10.9. The third kappa shape index (κ3) is 2.41. The molecule has 0 aliphatic heterocycles. The summed E-state index contributed by atoms with van der Waals surface area (Å²) in [6, 6.07) is 7.68. The molecule has 0 heterocycles. The minimum atomic E-state index is -2.36. The fourth-order valence-electron chi connectivity index (χ4n) is 2.86. The Labute approximate surface area is 108 Å². The first kappa shape index (κ1) is 13.5. The topological polar surface area (TPSA) is 12.0 Å². The second-order valence-corrected chi connectivity index (χ2v) is 5.06. The molecule has 0 radical (unpaired) electrons. The number of alkyl halides is 2. The highest BCUT2D eigenvalue weighted by atomic mass is 19.3. The molecule has 0 saturated carbocycles. The summed E-state index contributed by atoms with van der Waals surface area (Å²) in [4.78, 5) is 0. The second-order valence-electron chi connectivity index (χ2n) is 5.06. The molecule has 100 valence electrons. The van der Waals surface area contributed by atoms with Gasteiger partial charge in [-0.2, -0.15) is 0 Å². The zero-order chi connectivity index (χ0) is 13.0. The van der Waals surface area contributed by atoms with Crippen LogP contribution in [0.3, 0.4) is 0 Å². The summed E-state index contributed by atoms with van der Waals surface area (Å²) in [5.74, 6) is 0. The molecule has 3 heteroatoms. The van der Waals surface area contributed by atoms with E-state index >= 15 is 0 Å². The normalized spacial score (nSPS) is 23.8. The summed E-state index contributed by atoms with van der Waals surface area (Å²) < 4.78 is 27.4. The molecule has 1 aliphatic carbocycles. The van der Waals surface area contributed by atoms with E-state index in [1.165, 1.54) is 0 Å². The lowest BCUT2D eigenvalue weighted by molar-refractivity contribution is 0.0211. The van der Waals surface area contributed by atoms with E-state index in [1.807, 2.05) is 31.2 Å². The Balaban J connectivity index is 2.43. The Bertz CT molecular complexity index is 392. The van der Waals surface area contributed by atoms with Crippen LogP contribution in [0.2, 0.25) is 0 Å². The van der Waals surface area contributed by atoms with Crippen molar-refractivity contribution in [3.8, 4) is 0 Å². The first-order valence-electron chi connectivity index (χ1n) is 6.82. The smallest absolute Gasteiger partial charge is 0.260 e. The molecule has 1 aromatic carbocycles. The molecular formula is C15H21F2N. The van der Waals surface area contributed by atoms with Gasteiger partial charge in [-0.15, -0.1) is 0 Å². The van der Waals surface area contributed by atoms with Gasteiger partial charge in [0.25, 0.3) is 6.43 Å². The van der Waals surface area contributed by atoms with E-state index in [2.05, 4.69) is 5.32 Å². The minimum Gasteiger partial charge on any atom is -0.303 e. The van der Waals surface area contributed by atoms with Gasteiger partial charge in [0.2, 0.25) is 0 Å². The van der Waals surface area contributed by atoms with Gasteiger partial charge < -0.3 is 5.32 Å². The Morgan fingerprint density at radius 2 is 2.06 bits per heavy atom. The van der Waals surface area contributed by atoms with Gasteiger partial charge in [0.1, 0.15) is 5.54 Å². The van der Waals surface area contributed by atoms with Gasteiger partial charge in [0, 0.05) is 0 Å². The zero-order valence-electron chi connectivity index (χ0n) is 10.9. The highest BCUT2D eigenvalue weighted by Gasteiger charge is 2.42. The van der Waals surface area contributed by atoms with E-state index in [-0.39, 0.29) is 0 Å². The number of benzene rings is 1. The van der Waals surface area contributed by atoms with Crippen LogP contribution in [0.25, 0.3) is 0 Å². The van der Waals surface area contributed by atoms with Gasteiger partial charge in [-0.1, -0.05) is 37.6 Å². The van der Waals surface area contributed by atoms with Crippen LogP contribution in [-0.2, 0) is 12.0 Å². The molecule has 0 amide bonds. The molecule has 1 atom stereocenters. The Hall–Kier alpha value is -0.960. The van der Waals surface area contributed by atoms with Crippen molar-refractivity contribution in [3.63, 3.8) is 0 Å². The van der Waals surface area contributed by atoms with E-state index in [0.717, 1.165) is 36.8 Å². The van der Waals surface area contributed by atoms with Crippen LogP contribution in [-0.4, -0.2) is 13.0 Å². The highest BCUT2D eigenvalue weighted by Crippen LogP contribution is 2.38. The van der Waals surface area contributed by atoms with Crippen LogP contribution >= 0.6 is 0 Å². The SMILES string of the molecule is CCCNC1(C(F)F)CCCCc2ccccc21. The van der Waals surface area contributed by atoms with Crippen LogP contribution in [0.5, 0.6) is 0 Å². The Kier molecular flexibility index (Phi) is 4.33. The lowest BCUT2D eigenvalue weighted by Gasteiger charge is -2.35. The van der Waals surface area contributed by atoms with Crippen LogP contribution in [0.4, 0.5) is 8.78 Å². The monoisotopic (exact) mass is 253 g/mol. The molecule has 1 N–H and O–H groups in total. The van der Waals surface area contributed by atoms with Crippen LogP contribution in [0, 0.1) is 0 Å². The van der Waals surface area contributed by atoms with E-state index in [0.29, 0.717) is 13.0 Å². The molecular weight excluding hydrogens is 232 g/mol. The molecule has 0 fully saturated rings. The molecule has 1 aliphatic rings. The first-order chi connectivity index (χ1) is 8.70. The van der Waals surface area contributed by atoms with Gasteiger partial charge in [-0.25, -0.2) is 8.78 Å². The van der Waals surface area contributed by atoms with Crippen molar-refractivity contribution in [1.82, 2.24) is 5.32 Å². The molecule has 0 aromatic heterocycles. The summed E-state index contributed by atoms with van der Waals surface area (Å²) in [6.45, 7) is 2.65. The number of halogens is 2. The van der Waals surface area contributed by atoms with Crippen molar-refractivity contribution >= 4 is 0 Å². The molecule has 1 nitrogen and oxygen atoms in total. The average molecular weight is 253 g/mol. The fraction of sp³-hybridized carbons (Fsp3) is 0.600. The molecule has 2 rings (SSSR count). The quantitative estimate of drug-likeness (QED) is 0.803. The highest BCUT2D eigenvalue weighted by molar-refractivity contribution is 5.35. The number of aryl methyl sites for hydroxylation is 1. The maximum Gasteiger partial charge on any atom is 0.260 e. The lowest BCUT2D eigenvalue weighted by atomic mass is 9.84. The average Bonchev–Trinajstić information content (AvgIpc) is 2.57. The Morgan fingerprint density at radius 1 is 1.28 bits per heavy atom. The second kappa shape index (κ2) is 5.79. The molecule has 0 bridgehead atoms. The van der Waals surface area contributed by atoms with Crippen molar-refractivity contribution < 1.29 is 8.78 Å². The summed E-state index contributed by atoms with van der Waals surface area (Å²) in [5.41, 5.74) is 0.758. The van der Waals surface area contributed by atoms with Gasteiger partial charge in [0.15, 0.2) is 0 Å². The third-order valence-electron chi connectivity index (χ3n) is 3.83. The minimum absolute atomic E-state index is 0.529. The van der Waals surface area contributed by atoms with Crippen LogP contribution in [0.15, 0.2) is 24.3 Å². The van der Waals surface area contributed by atoms with Crippen LogP contribution in [0.1, 0.15) is 43.7 Å². The number of nitrogens with one attached hydrogen (secondary N) is 1. The van der Waals surface area contributed by atoms with Crippen molar-refractivity contribution in [2.45, 2.75) is 51.0 Å². The molecule has 18 heavy (non-hydrogen) atoms. The molecule has 0 saturated heterocycles. The van der Waals surface area contributed by atoms with Crippen LogP contribution < -0.4 is 5.32 Å². The predicted molar refractivity (Wildman–Crippen MR) is 70.0 cm³/mol. The molecule has 1 unspecified atom stereocenters. The number of hydrogen-bond donors (Lipinski definition) is 1. The largest absolute Gasteiger partial charge is 0.303 e. The fourth-order valence-corrected chi connectivity index (χ4v) is 2.86. The van der Waals surface area contributed by atoms with Crippen molar-refractivity contribution in [1.29, 1.82) is 0 Å². The maximum atomic E-state index is 13.7. The van der Waals surface area contributed by atoms with E-state index in [9.17, 15) is 8.78 Å². The first-order valence-corrected chi connectivity index (χ1v) is 6.82. The maximum absolute atomic E-state index is 13.7.